The molecule has 0 unspecified atom stereocenters. The van der Waals surface area contributed by atoms with Crippen molar-refractivity contribution in [2.24, 2.45) is 0 Å². The van der Waals surface area contributed by atoms with E-state index in [2.05, 4.69) is 0 Å². The maximum absolute atomic E-state index is 13.9. The first-order valence-electron chi connectivity index (χ1n) is 8.14. The zero-order chi connectivity index (χ0) is 19.6. The minimum absolute atomic E-state index is 0.0852. The summed E-state index contributed by atoms with van der Waals surface area (Å²) in [4.78, 5) is 11.5. The molecule has 0 aliphatic rings. The van der Waals surface area contributed by atoms with Gasteiger partial charge in [0.15, 0.2) is 15.6 Å². The van der Waals surface area contributed by atoms with Crippen LogP contribution < -0.4 is 0 Å². The van der Waals surface area contributed by atoms with Crippen LogP contribution in [0.3, 0.4) is 0 Å². The maximum atomic E-state index is 13.9. The van der Waals surface area contributed by atoms with Gasteiger partial charge in [-0.2, -0.15) is 0 Å². The molecule has 0 atom stereocenters. The number of carbonyl (C=O) groups is 1. The highest BCUT2D eigenvalue weighted by molar-refractivity contribution is 7.90. The van der Waals surface area contributed by atoms with E-state index in [0.29, 0.717) is 16.7 Å². The van der Waals surface area contributed by atoms with Crippen LogP contribution in [0.25, 0.3) is 11.1 Å². The van der Waals surface area contributed by atoms with Gasteiger partial charge < -0.3 is 0 Å². The van der Waals surface area contributed by atoms with Crippen molar-refractivity contribution >= 4 is 15.6 Å². The van der Waals surface area contributed by atoms with Crippen LogP contribution in [-0.4, -0.2) is 14.2 Å². The second kappa shape index (κ2) is 7.40. The van der Waals surface area contributed by atoms with Crippen LogP contribution in [0.4, 0.5) is 8.78 Å². The first kappa shape index (κ1) is 18.9. The van der Waals surface area contributed by atoms with E-state index in [0.717, 1.165) is 12.1 Å². The Morgan fingerprint density at radius 2 is 1.63 bits per heavy atom. The van der Waals surface area contributed by atoms with E-state index in [9.17, 15) is 22.0 Å². The van der Waals surface area contributed by atoms with Crippen molar-refractivity contribution in [3.05, 3.63) is 89.5 Å². The summed E-state index contributed by atoms with van der Waals surface area (Å²) in [6.07, 6.45) is 0. The van der Waals surface area contributed by atoms with Gasteiger partial charge >= 0.3 is 0 Å². The summed E-state index contributed by atoms with van der Waals surface area (Å²) in [6, 6.07) is 15.4. The van der Waals surface area contributed by atoms with Gasteiger partial charge in [-0.1, -0.05) is 30.3 Å². The molecular weight excluding hydrogens is 370 g/mol. The number of halogens is 2. The Morgan fingerprint density at radius 1 is 0.926 bits per heavy atom. The zero-order valence-electron chi connectivity index (χ0n) is 14.4. The Bertz CT molecular complexity index is 1100. The molecule has 3 rings (SSSR count). The molecule has 0 aromatic heterocycles. The molecule has 3 aromatic carbocycles. The van der Waals surface area contributed by atoms with Gasteiger partial charge in [-0.25, -0.2) is 17.2 Å². The number of hydrogen-bond acceptors (Lipinski definition) is 3. The number of sulfone groups is 1. The van der Waals surface area contributed by atoms with Crippen molar-refractivity contribution in [3.8, 4) is 11.1 Å². The Kier molecular flexibility index (Phi) is 5.19. The molecular formula is C21H16F2O3S. The van der Waals surface area contributed by atoms with Crippen molar-refractivity contribution in [2.45, 2.75) is 17.6 Å². The summed E-state index contributed by atoms with van der Waals surface area (Å²) in [6.45, 7) is 1.42. The van der Waals surface area contributed by atoms with Crippen molar-refractivity contribution < 1.29 is 22.0 Å². The molecule has 0 aliphatic heterocycles. The van der Waals surface area contributed by atoms with Crippen molar-refractivity contribution in [1.82, 2.24) is 0 Å². The molecule has 0 spiro atoms. The number of carbonyl (C=O) groups excluding carboxylic acids is 1. The topological polar surface area (TPSA) is 51.2 Å². The van der Waals surface area contributed by atoms with Gasteiger partial charge in [-0.05, 0) is 48.4 Å². The van der Waals surface area contributed by atoms with Gasteiger partial charge in [-0.3, -0.25) is 4.79 Å². The van der Waals surface area contributed by atoms with Crippen LogP contribution in [0.15, 0.2) is 71.6 Å². The number of rotatable bonds is 5. The minimum atomic E-state index is -3.64. The number of Topliss-reactive ketones (excluding diaryl/α,β-unsaturated/α-hetero) is 1. The lowest BCUT2D eigenvalue weighted by molar-refractivity contribution is 0.101. The second-order valence-electron chi connectivity index (χ2n) is 6.16. The molecule has 0 saturated heterocycles. The standard InChI is InChI=1S/C21H16F2O3S/c1-14(24)17-4-2-3-15(11-17)13-27(25,26)19-8-5-16(6-9-19)20-10-7-18(22)12-21(20)23/h2-12H,13H2,1H3. The molecule has 0 saturated carbocycles. The molecule has 3 nitrogen and oxygen atoms in total. The van der Waals surface area contributed by atoms with Crippen LogP contribution in [0.2, 0.25) is 0 Å². The number of benzene rings is 3. The number of ketones is 1. The average Bonchev–Trinajstić information content (AvgIpc) is 2.62. The van der Waals surface area contributed by atoms with E-state index >= 15 is 0 Å². The first-order valence-corrected chi connectivity index (χ1v) is 9.79. The summed E-state index contributed by atoms with van der Waals surface area (Å²) in [5, 5.41) is 0. The largest absolute Gasteiger partial charge is 0.295 e. The Balaban J connectivity index is 1.87. The molecule has 0 aliphatic carbocycles. The summed E-state index contributed by atoms with van der Waals surface area (Å²) in [7, 11) is -3.64. The number of hydrogen-bond donors (Lipinski definition) is 0. The summed E-state index contributed by atoms with van der Waals surface area (Å²) >= 11 is 0. The summed E-state index contributed by atoms with van der Waals surface area (Å²) < 4.78 is 52.2. The third kappa shape index (κ3) is 4.28. The van der Waals surface area contributed by atoms with Crippen LogP contribution in [-0.2, 0) is 15.6 Å². The van der Waals surface area contributed by atoms with E-state index in [1.165, 1.54) is 37.3 Å². The molecule has 0 amide bonds. The first-order chi connectivity index (χ1) is 12.8. The predicted octanol–water partition coefficient (Wildman–Crippen LogP) is 4.81. The van der Waals surface area contributed by atoms with Gasteiger partial charge in [0.05, 0.1) is 10.6 Å². The van der Waals surface area contributed by atoms with E-state index < -0.39 is 21.5 Å². The van der Waals surface area contributed by atoms with Crippen molar-refractivity contribution in [1.29, 1.82) is 0 Å². The molecule has 3 aromatic rings. The SMILES string of the molecule is CC(=O)c1cccc(CS(=O)(=O)c2ccc(-c3ccc(F)cc3F)cc2)c1. The van der Waals surface area contributed by atoms with Gasteiger partial charge in [-0.15, -0.1) is 0 Å². The molecule has 0 fully saturated rings. The van der Waals surface area contributed by atoms with Crippen molar-refractivity contribution in [3.63, 3.8) is 0 Å². The lowest BCUT2D eigenvalue weighted by Crippen LogP contribution is -2.06. The fourth-order valence-electron chi connectivity index (χ4n) is 2.75. The minimum Gasteiger partial charge on any atom is -0.295 e. The quantitative estimate of drug-likeness (QED) is 0.592. The van der Waals surface area contributed by atoms with Crippen LogP contribution >= 0.6 is 0 Å². The second-order valence-corrected chi connectivity index (χ2v) is 8.15. The van der Waals surface area contributed by atoms with Gasteiger partial charge in [0.25, 0.3) is 0 Å². The van der Waals surface area contributed by atoms with Crippen LogP contribution in [0, 0.1) is 11.6 Å². The maximum Gasteiger partial charge on any atom is 0.182 e. The van der Waals surface area contributed by atoms with Crippen molar-refractivity contribution in [2.75, 3.05) is 0 Å². The van der Waals surface area contributed by atoms with Crippen LogP contribution in [0.1, 0.15) is 22.8 Å². The monoisotopic (exact) mass is 386 g/mol. The Hall–Kier alpha value is -2.86. The molecule has 6 heteroatoms. The Labute approximate surface area is 156 Å². The fraction of sp³-hybridized carbons (Fsp3) is 0.0952. The van der Waals surface area contributed by atoms with E-state index in [-0.39, 0.29) is 22.0 Å². The summed E-state index contributed by atoms with van der Waals surface area (Å²) in [5.74, 6) is -1.78. The average molecular weight is 386 g/mol. The zero-order valence-corrected chi connectivity index (χ0v) is 15.3. The highest BCUT2D eigenvalue weighted by Crippen LogP contribution is 2.26. The molecule has 0 N–H and O–H groups in total. The van der Waals surface area contributed by atoms with Gasteiger partial charge in [0, 0.05) is 17.2 Å². The highest BCUT2D eigenvalue weighted by atomic mass is 32.2. The van der Waals surface area contributed by atoms with Crippen LogP contribution in [0.5, 0.6) is 0 Å². The smallest absolute Gasteiger partial charge is 0.182 e. The summed E-state index contributed by atoms with van der Waals surface area (Å²) in [5.41, 5.74) is 1.60. The van der Waals surface area contributed by atoms with Gasteiger partial charge in [0.1, 0.15) is 11.6 Å². The van der Waals surface area contributed by atoms with E-state index in [1.54, 1.807) is 24.3 Å². The molecule has 0 heterocycles. The molecule has 0 radical (unpaired) electrons. The molecule has 0 bridgehead atoms. The third-order valence-electron chi connectivity index (χ3n) is 4.15. The normalized spacial score (nSPS) is 11.4. The lowest BCUT2D eigenvalue weighted by Gasteiger charge is -2.08. The molecule has 138 valence electrons. The third-order valence-corrected chi connectivity index (χ3v) is 5.85. The predicted molar refractivity (Wildman–Crippen MR) is 99.1 cm³/mol. The highest BCUT2D eigenvalue weighted by Gasteiger charge is 2.17. The van der Waals surface area contributed by atoms with E-state index in [1.807, 2.05) is 0 Å². The van der Waals surface area contributed by atoms with Gasteiger partial charge in [0.2, 0.25) is 0 Å². The Morgan fingerprint density at radius 3 is 2.26 bits per heavy atom. The lowest BCUT2D eigenvalue weighted by atomic mass is 10.1. The molecule has 27 heavy (non-hydrogen) atoms. The van der Waals surface area contributed by atoms with E-state index in [4.69, 9.17) is 0 Å². The fourth-order valence-corrected chi connectivity index (χ4v) is 4.08.